The van der Waals surface area contributed by atoms with Crippen LogP contribution in [0, 0.1) is 5.82 Å². The molecule has 0 saturated heterocycles. The van der Waals surface area contributed by atoms with E-state index in [-0.39, 0.29) is 11.7 Å². The fourth-order valence-electron chi connectivity index (χ4n) is 3.22. The Hall–Kier alpha value is -2.14. The predicted octanol–water partition coefficient (Wildman–Crippen LogP) is 4.34. The van der Waals surface area contributed by atoms with Crippen LogP contribution in [0.15, 0.2) is 30.5 Å². The van der Waals surface area contributed by atoms with Crippen molar-refractivity contribution in [1.82, 2.24) is 4.98 Å². The molecule has 3 rings (SSSR count). The third-order valence-electron chi connectivity index (χ3n) is 4.61. The average molecular weight is 358 g/mol. The normalized spacial score (nSPS) is 13.1. The molecule has 0 atom stereocenters. The number of benzene rings is 1. The third-order valence-corrected chi connectivity index (χ3v) is 4.61. The quantitative estimate of drug-likeness (QED) is 0.677. The van der Waals surface area contributed by atoms with E-state index in [2.05, 4.69) is 30.2 Å². The average Bonchev–Trinajstić information content (AvgIpc) is 3.08. The van der Waals surface area contributed by atoms with Crippen LogP contribution in [0.2, 0.25) is 0 Å². The number of halogens is 1. The van der Waals surface area contributed by atoms with Crippen molar-refractivity contribution in [3.05, 3.63) is 53.0 Å². The molecule has 1 aromatic carbocycles. The zero-order valence-corrected chi connectivity index (χ0v) is 15.6. The van der Waals surface area contributed by atoms with Crippen LogP contribution < -0.4 is 10.1 Å². The first-order valence-electron chi connectivity index (χ1n) is 9.35. The minimum Gasteiger partial charge on any atom is -0.491 e. The Morgan fingerprint density at radius 3 is 2.81 bits per heavy atom. The predicted molar refractivity (Wildman–Crippen MR) is 102 cm³/mol. The number of hydrogen-bond donors (Lipinski definition) is 1. The van der Waals surface area contributed by atoms with Crippen LogP contribution in [0.25, 0.3) is 0 Å². The summed E-state index contributed by atoms with van der Waals surface area (Å²) in [5, 5.41) is 3.29. The van der Waals surface area contributed by atoms with E-state index in [0.29, 0.717) is 32.1 Å². The van der Waals surface area contributed by atoms with Crippen LogP contribution in [0.3, 0.4) is 0 Å². The summed E-state index contributed by atoms with van der Waals surface area (Å²) in [6, 6.07) is 6.83. The van der Waals surface area contributed by atoms with E-state index in [1.807, 2.05) is 6.20 Å². The topological polar surface area (TPSA) is 43.4 Å². The van der Waals surface area contributed by atoms with Crippen molar-refractivity contribution < 1.29 is 13.9 Å². The van der Waals surface area contributed by atoms with Gasteiger partial charge in [0.2, 0.25) is 0 Å². The van der Waals surface area contributed by atoms with Crippen LogP contribution in [-0.2, 0) is 17.6 Å². The van der Waals surface area contributed by atoms with Crippen molar-refractivity contribution in [3.63, 3.8) is 0 Å². The highest BCUT2D eigenvalue weighted by atomic mass is 19.1. The molecule has 0 unspecified atom stereocenters. The number of anilines is 1. The van der Waals surface area contributed by atoms with Gasteiger partial charge in [0.25, 0.3) is 0 Å². The number of aromatic nitrogens is 1. The maximum Gasteiger partial charge on any atom is 0.126 e. The molecule has 0 aliphatic heterocycles. The molecule has 1 aliphatic carbocycles. The minimum atomic E-state index is -0.281. The number of fused-ring (bicyclic) bond motifs is 1. The van der Waals surface area contributed by atoms with Gasteiger partial charge in [-0.15, -0.1) is 0 Å². The van der Waals surface area contributed by atoms with Crippen molar-refractivity contribution in [3.8, 4) is 5.75 Å². The van der Waals surface area contributed by atoms with Gasteiger partial charge in [0.1, 0.15) is 24.0 Å². The minimum absolute atomic E-state index is 0.281. The maximum absolute atomic E-state index is 13.4. The second-order valence-corrected chi connectivity index (χ2v) is 6.92. The first-order chi connectivity index (χ1) is 12.6. The van der Waals surface area contributed by atoms with Gasteiger partial charge < -0.3 is 14.8 Å². The van der Waals surface area contributed by atoms with Crippen LogP contribution in [0.4, 0.5) is 10.2 Å². The van der Waals surface area contributed by atoms with Crippen LogP contribution in [0.5, 0.6) is 5.75 Å². The van der Waals surface area contributed by atoms with Gasteiger partial charge >= 0.3 is 0 Å². The van der Waals surface area contributed by atoms with Gasteiger partial charge in [0, 0.05) is 18.8 Å². The molecule has 1 heterocycles. The molecule has 4 nitrogen and oxygen atoms in total. The fourth-order valence-corrected chi connectivity index (χ4v) is 3.22. The second-order valence-electron chi connectivity index (χ2n) is 6.92. The van der Waals surface area contributed by atoms with Gasteiger partial charge in [0.15, 0.2) is 0 Å². The molecule has 1 aliphatic rings. The summed E-state index contributed by atoms with van der Waals surface area (Å²) in [4.78, 5) is 4.43. The molecule has 0 amide bonds. The number of nitrogens with zero attached hydrogens (tertiary/aromatic N) is 1. The van der Waals surface area contributed by atoms with E-state index in [9.17, 15) is 4.39 Å². The monoisotopic (exact) mass is 358 g/mol. The Morgan fingerprint density at radius 2 is 1.96 bits per heavy atom. The summed E-state index contributed by atoms with van der Waals surface area (Å²) in [6.07, 6.45) is 5.51. The van der Waals surface area contributed by atoms with Crippen molar-refractivity contribution in [2.75, 3.05) is 31.7 Å². The van der Waals surface area contributed by atoms with E-state index >= 15 is 0 Å². The Labute approximate surface area is 154 Å². The lowest BCUT2D eigenvalue weighted by Crippen LogP contribution is -2.14. The lowest BCUT2D eigenvalue weighted by atomic mass is 10.0. The molecule has 0 saturated carbocycles. The number of ether oxygens (including phenoxy) is 2. The number of nitrogens with one attached hydrogen (secondary N) is 1. The highest BCUT2D eigenvalue weighted by Crippen LogP contribution is 2.27. The van der Waals surface area contributed by atoms with Gasteiger partial charge in [-0.2, -0.15) is 0 Å². The number of aryl methyl sites for hydroxylation is 2. The molecule has 2 aromatic rings. The number of pyridine rings is 1. The van der Waals surface area contributed by atoms with Gasteiger partial charge in [-0.05, 0) is 54.0 Å². The number of hydrogen-bond acceptors (Lipinski definition) is 4. The summed E-state index contributed by atoms with van der Waals surface area (Å²) in [6.45, 7) is 6.27. The lowest BCUT2D eigenvalue weighted by molar-refractivity contribution is 0.107. The number of rotatable bonds is 9. The molecule has 5 heteroatoms. The molecular weight excluding hydrogens is 331 g/mol. The summed E-state index contributed by atoms with van der Waals surface area (Å²) in [5.74, 6) is 1.52. The Kier molecular flexibility index (Phi) is 6.45. The lowest BCUT2D eigenvalue weighted by Gasteiger charge is -2.14. The SMILES string of the molecule is CC(C)c1ccc(F)cc1OCCOCCNc1cc2c(cn1)CCC2. The molecule has 0 radical (unpaired) electrons. The molecule has 0 spiro atoms. The first-order valence-corrected chi connectivity index (χ1v) is 9.35. The molecule has 1 aromatic heterocycles. The van der Waals surface area contributed by atoms with Crippen molar-refractivity contribution in [2.45, 2.75) is 39.0 Å². The molecule has 0 fully saturated rings. The Balaban J connectivity index is 1.34. The van der Waals surface area contributed by atoms with Gasteiger partial charge in [-0.1, -0.05) is 19.9 Å². The smallest absolute Gasteiger partial charge is 0.126 e. The van der Waals surface area contributed by atoms with Crippen molar-refractivity contribution >= 4 is 5.82 Å². The summed E-state index contributed by atoms with van der Waals surface area (Å²) in [5.41, 5.74) is 3.80. The molecule has 26 heavy (non-hydrogen) atoms. The molecular formula is C21H27FN2O2. The van der Waals surface area contributed by atoms with Gasteiger partial charge in [-0.25, -0.2) is 9.37 Å². The zero-order valence-electron chi connectivity index (χ0n) is 15.6. The Bertz CT molecular complexity index is 734. The molecule has 0 bridgehead atoms. The van der Waals surface area contributed by atoms with Crippen LogP contribution >= 0.6 is 0 Å². The summed E-state index contributed by atoms with van der Waals surface area (Å²) >= 11 is 0. The van der Waals surface area contributed by atoms with Crippen molar-refractivity contribution in [1.29, 1.82) is 0 Å². The summed E-state index contributed by atoms with van der Waals surface area (Å²) in [7, 11) is 0. The van der Waals surface area contributed by atoms with Gasteiger partial charge in [0.05, 0.1) is 13.2 Å². The molecule has 140 valence electrons. The van der Waals surface area contributed by atoms with Crippen molar-refractivity contribution in [2.24, 2.45) is 0 Å². The highest BCUT2D eigenvalue weighted by Gasteiger charge is 2.11. The fraction of sp³-hybridized carbons (Fsp3) is 0.476. The zero-order chi connectivity index (χ0) is 18.4. The summed E-state index contributed by atoms with van der Waals surface area (Å²) < 4.78 is 24.7. The van der Waals surface area contributed by atoms with Crippen LogP contribution in [0.1, 0.15) is 42.9 Å². The molecule has 1 N–H and O–H groups in total. The highest BCUT2D eigenvalue weighted by molar-refractivity contribution is 5.42. The second kappa shape index (κ2) is 8.99. The van der Waals surface area contributed by atoms with Gasteiger partial charge in [-0.3, -0.25) is 0 Å². The maximum atomic E-state index is 13.4. The largest absolute Gasteiger partial charge is 0.491 e. The standard InChI is InChI=1S/C21H27FN2O2/c1-15(2)19-7-6-18(22)13-20(19)26-11-10-25-9-8-23-21-12-16-4-3-5-17(16)14-24-21/h6-7,12-15H,3-5,8-11H2,1-2H3,(H,23,24). The Morgan fingerprint density at radius 1 is 1.12 bits per heavy atom. The first kappa shape index (κ1) is 18.6. The van der Waals surface area contributed by atoms with E-state index in [4.69, 9.17) is 9.47 Å². The van der Waals surface area contributed by atoms with E-state index in [0.717, 1.165) is 24.2 Å². The third kappa shape index (κ3) is 4.94. The van der Waals surface area contributed by atoms with E-state index < -0.39 is 0 Å². The van der Waals surface area contributed by atoms with Crippen LogP contribution in [-0.4, -0.2) is 31.3 Å². The van der Waals surface area contributed by atoms with E-state index in [1.165, 1.54) is 29.7 Å². The van der Waals surface area contributed by atoms with E-state index in [1.54, 1.807) is 6.07 Å².